The summed E-state index contributed by atoms with van der Waals surface area (Å²) in [6, 6.07) is 1.44. The summed E-state index contributed by atoms with van der Waals surface area (Å²) in [5.41, 5.74) is 1.73. The van der Waals surface area contributed by atoms with E-state index in [2.05, 4.69) is 53.3 Å². The summed E-state index contributed by atoms with van der Waals surface area (Å²) in [6.07, 6.45) is 1.33. The van der Waals surface area contributed by atoms with E-state index in [-0.39, 0.29) is 0 Å². The van der Waals surface area contributed by atoms with Crippen LogP contribution in [0.4, 0.5) is 0 Å². The van der Waals surface area contributed by atoms with Crippen LogP contribution in [-0.4, -0.2) is 26.9 Å². The van der Waals surface area contributed by atoms with E-state index in [1.165, 1.54) is 12.5 Å². The predicted octanol–water partition coefficient (Wildman–Crippen LogP) is 3.72. The summed E-state index contributed by atoms with van der Waals surface area (Å²) < 4.78 is 2.56. The highest BCUT2D eigenvalue weighted by molar-refractivity contribution is 6.79. The maximum atomic E-state index is 2.56. The standard InChI is InChI=1S/C11H27NSi/c1-8-9-13(10(2)3,11(4)5)12(6)7/h10-11H,8-9H2,1-7H3. The quantitative estimate of drug-likeness (QED) is 0.613. The van der Waals surface area contributed by atoms with Crippen LogP contribution in [0.3, 0.4) is 0 Å². The largest absolute Gasteiger partial charge is 0.328 e. The second kappa shape index (κ2) is 5.16. The maximum Gasteiger partial charge on any atom is 0.133 e. The number of nitrogens with zero attached hydrogens (tertiary/aromatic N) is 1. The molecule has 2 heteroatoms. The molecule has 0 heterocycles. The molecule has 0 aromatic heterocycles. The first-order chi connectivity index (χ1) is 5.89. The first-order valence-corrected chi connectivity index (χ1v) is 7.87. The lowest BCUT2D eigenvalue weighted by Gasteiger charge is -2.44. The van der Waals surface area contributed by atoms with Crippen LogP contribution in [0, 0.1) is 0 Å². The van der Waals surface area contributed by atoms with Crippen molar-refractivity contribution in [1.82, 2.24) is 4.57 Å². The van der Waals surface area contributed by atoms with E-state index in [4.69, 9.17) is 0 Å². The first kappa shape index (κ1) is 13.2. The highest BCUT2D eigenvalue weighted by Crippen LogP contribution is 2.37. The molecule has 0 fully saturated rings. The molecular formula is C11H27NSi. The van der Waals surface area contributed by atoms with Crippen LogP contribution in [-0.2, 0) is 0 Å². The van der Waals surface area contributed by atoms with E-state index >= 15 is 0 Å². The van der Waals surface area contributed by atoms with Gasteiger partial charge in [0.2, 0.25) is 0 Å². The highest BCUT2D eigenvalue weighted by atomic mass is 28.3. The second-order valence-corrected chi connectivity index (χ2v) is 10.6. The van der Waals surface area contributed by atoms with Crippen molar-refractivity contribution in [2.75, 3.05) is 14.1 Å². The lowest BCUT2D eigenvalue weighted by Crippen LogP contribution is -2.54. The van der Waals surface area contributed by atoms with Crippen molar-refractivity contribution in [1.29, 1.82) is 0 Å². The normalized spacial score (nSPS) is 13.4. The first-order valence-electron chi connectivity index (χ1n) is 5.57. The average molecular weight is 201 g/mol. The fraction of sp³-hybridized carbons (Fsp3) is 1.00. The SMILES string of the molecule is CCC[Si](C(C)C)(C(C)C)N(C)C. The van der Waals surface area contributed by atoms with Crippen LogP contribution >= 0.6 is 0 Å². The molecule has 0 aliphatic heterocycles. The van der Waals surface area contributed by atoms with E-state index in [0.29, 0.717) is 0 Å². The van der Waals surface area contributed by atoms with Crippen molar-refractivity contribution in [2.45, 2.75) is 58.2 Å². The topological polar surface area (TPSA) is 3.24 Å². The van der Waals surface area contributed by atoms with Crippen LogP contribution in [0.15, 0.2) is 0 Å². The molecule has 0 saturated heterocycles. The zero-order valence-corrected chi connectivity index (χ0v) is 11.5. The van der Waals surface area contributed by atoms with Gasteiger partial charge in [-0.05, 0) is 31.2 Å². The molecule has 0 amide bonds. The fourth-order valence-corrected chi connectivity index (χ4v) is 8.70. The van der Waals surface area contributed by atoms with E-state index < -0.39 is 8.24 Å². The van der Waals surface area contributed by atoms with Crippen LogP contribution in [0.1, 0.15) is 41.0 Å². The summed E-state index contributed by atoms with van der Waals surface area (Å²) >= 11 is 0. The van der Waals surface area contributed by atoms with Gasteiger partial charge in [0.15, 0.2) is 0 Å². The number of rotatable bonds is 5. The molecule has 80 valence electrons. The minimum absolute atomic E-state index is 0.863. The lowest BCUT2D eigenvalue weighted by molar-refractivity contribution is 0.558. The van der Waals surface area contributed by atoms with E-state index in [9.17, 15) is 0 Å². The van der Waals surface area contributed by atoms with Gasteiger partial charge in [0.25, 0.3) is 0 Å². The van der Waals surface area contributed by atoms with Crippen molar-refractivity contribution in [3.05, 3.63) is 0 Å². The Bertz CT molecular complexity index is 119. The summed E-state index contributed by atoms with van der Waals surface area (Å²) in [4.78, 5) is 0. The Labute approximate surface area is 85.6 Å². The Morgan fingerprint density at radius 2 is 1.38 bits per heavy atom. The summed E-state index contributed by atoms with van der Waals surface area (Å²) in [5, 5.41) is 0. The molecule has 0 aliphatic carbocycles. The summed E-state index contributed by atoms with van der Waals surface area (Å²) in [5.74, 6) is 0. The van der Waals surface area contributed by atoms with Gasteiger partial charge in [0.05, 0.1) is 0 Å². The molecule has 0 N–H and O–H groups in total. The average Bonchev–Trinajstić information content (AvgIpc) is 1.97. The third-order valence-corrected chi connectivity index (χ3v) is 10.4. The molecule has 0 atom stereocenters. The minimum Gasteiger partial charge on any atom is -0.328 e. The number of hydrogen-bond acceptors (Lipinski definition) is 1. The third kappa shape index (κ3) is 2.56. The van der Waals surface area contributed by atoms with Gasteiger partial charge in [0.1, 0.15) is 8.24 Å². The molecular weight excluding hydrogens is 174 g/mol. The van der Waals surface area contributed by atoms with E-state index in [1.54, 1.807) is 0 Å². The molecule has 0 spiro atoms. The smallest absolute Gasteiger partial charge is 0.133 e. The molecule has 0 radical (unpaired) electrons. The van der Waals surface area contributed by atoms with Crippen molar-refractivity contribution < 1.29 is 0 Å². The van der Waals surface area contributed by atoms with Gasteiger partial charge in [-0.2, -0.15) is 0 Å². The van der Waals surface area contributed by atoms with Crippen LogP contribution < -0.4 is 0 Å². The zero-order valence-electron chi connectivity index (χ0n) is 10.5. The predicted molar refractivity (Wildman–Crippen MR) is 64.7 cm³/mol. The van der Waals surface area contributed by atoms with Gasteiger partial charge in [-0.25, -0.2) is 0 Å². The van der Waals surface area contributed by atoms with Gasteiger partial charge >= 0.3 is 0 Å². The van der Waals surface area contributed by atoms with Crippen LogP contribution in [0.2, 0.25) is 17.1 Å². The molecule has 0 aromatic rings. The second-order valence-electron chi connectivity index (χ2n) is 4.95. The zero-order chi connectivity index (χ0) is 10.6. The fourth-order valence-electron chi connectivity index (χ4n) is 2.90. The Balaban J connectivity index is 4.82. The Kier molecular flexibility index (Phi) is 5.23. The minimum atomic E-state index is -1.19. The molecule has 0 aromatic carbocycles. The number of hydrogen-bond donors (Lipinski definition) is 0. The molecule has 0 aliphatic rings. The molecule has 0 rings (SSSR count). The maximum absolute atomic E-state index is 2.56. The Morgan fingerprint density at radius 1 is 1.00 bits per heavy atom. The molecule has 0 saturated carbocycles. The van der Waals surface area contributed by atoms with E-state index in [1.807, 2.05) is 0 Å². The Hall–Kier alpha value is 0.177. The van der Waals surface area contributed by atoms with Gasteiger partial charge < -0.3 is 4.57 Å². The van der Waals surface area contributed by atoms with E-state index in [0.717, 1.165) is 11.1 Å². The molecule has 0 bridgehead atoms. The summed E-state index contributed by atoms with van der Waals surface area (Å²) in [7, 11) is 3.37. The van der Waals surface area contributed by atoms with Crippen LogP contribution in [0.25, 0.3) is 0 Å². The molecule has 0 unspecified atom stereocenters. The van der Waals surface area contributed by atoms with Gasteiger partial charge in [0, 0.05) is 0 Å². The van der Waals surface area contributed by atoms with Gasteiger partial charge in [-0.1, -0.05) is 41.0 Å². The van der Waals surface area contributed by atoms with Crippen molar-refractivity contribution in [3.8, 4) is 0 Å². The lowest BCUT2D eigenvalue weighted by atomic mass is 10.5. The van der Waals surface area contributed by atoms with Crippen molar-refractivity contribution >= 4 is 8.24 Å². The highest BCUT2D eigenvalue weighted by Gasteiger charge is 2.41. The monoisotopic (exact) mass is 201 g/mol. The Morgan fingerprint density at radius 3 is 1.46 bits per heavy atom. The van der Waals surface area contributed by atoms with Gasteiger partial charge in [-0.15, -0.1) is 0 Å². The van der Waals surface area contributed by atoms with Crippen LogP contribution in [0.5, 0.6) is 0 Å². The molecule has 13 heavy (non-hydrogen) atoms. The van der Waals surface area contributed by atoms with Crippen molar-refractivity contribution in [3.63, 3.8) is 0 Å². The third-order valence-electron chi connectivity index (χ3n) is 3.48. The van der Waals surface area contributed by atoms with Gasteiger partial charge in [-0.3, -0.25) is 0 Å². The van der Waals surface area contributed by atoms with Crippen molar-refractivity contribution in [2.24, 2.45) is 0 Å². The molecule has 1 nitrogen and oxygen atoms in total. The summed E-state index contributed by atoms with van der Waals surface area (Å²) in [6.45, 7) is 11.9.